The zero-order valence-corrected chi connectivity index (χ0v) is 24.0. The van der Waals surface area contributed by atoms with Crippen LogP contribution < -0.4 is 9.64 Å². The third kappa shape index (κ3) is 6.45. The molecule has 0 saturated heterocycles. The molecule has 38 heavy (non-hydrogen) atoms. The lowest BCUT2D eigenvalue weighted by Gasteiger charge is -2.41. The van der Waals surface area contributed by atoms with Crippen molar-refractivity contribution in [2.24, 2.45) is 0 Å². The monoisotopic (exact) mass is 579 g/mol. The molecule has 0 bridgehead atoms. The van der Waals surface area contributed by atoms with Gasteiger partial charge in [-0.2, -0.15) is 0 Å². The number of carboxylic acids is 1. The maximum Gasteiger partial charge on any atom is 0.335 e. The average molecular weight is 581 g/mol. The highest BCUT2D eigenvalue weighted by atomic mass is 35.5. The zero-order chi connectivity index (χ0) is 28.2. The Bertz CT molecular complexity index is 1320. The molecule has 0 fully saturated rings. The average Bonchev–Trinajstić information content (AvgIpc) is 2.87. The molecule has 0 aliphatic heterocycles. The Morgan fingerprint density at radius 3 is 2.32 bits per heavy atom. The number of rotatable bonds is 10. The van der Waals surface area contributed by atoms with Crippen LogP contribution in [-0.4, -0.2) is 23.6 Å². The van der Waals surface area contributed by atoms with Crippen molar-refractivity contribution in [1.82, 2.24) is 0 Å². The summed E-state index contributed by atoms with van der Waals surface area (Å²) in [6.07, 6.45) is 2.00. The van der Waals surface area contributed by atoms with Crippen molar-refractivity contribution in [3.8, 4) is 5.75 Å². The van der Waals surface area contributed by atoms with Crippen LogP contribution in [0.1, 0.15) is 49.2 Å². The number of halogens is 4. The van der Waals surface area contributed by atoms with Crippen LogP contribution >= 0.6 is 35.0 Å². The van der Waals surface area contributed by atoms with Crippen LogP contribution in [-0.2, 0) is 11.2 Å². The van der Waals surface area contributed by atoms with Crippen molar-refractivity contribution in [2.75, 3.05) is 12.0 Å². The number of hydrogen-bond donors (Lipinski definition) is 1. The zero-order valence-electron chi connectivity index (χ0n) is 21.7. The number of aromatic carboxylic acids is 1. The topological polar surface area (TPSA) is 49.8 Å². The van der Waals surface area contributed by atoms with Crippen LogP contribution in [0.4, 0.5) is 14.5 Å². The lowest BCUT2D eigenvalue weighted by Crippen LogP contribution is -2.39. The van der Waals surface area contributed by atoms with E-state index in [1.54, 1.807) is 25.3 Å². The molecule has 3 rings (SSSR count). The van der Waals surface area contributed by atoms with Gasteiger partial charge < -0.3 is 14.7 Å². The molecule has 0 saturated carbocycles. The maximum absolute atomic E-state index is 14.8. The quantitative estimate of drug-likeness (QED) is 0.243. The number of benzene rings is 3. The molecule has 0 aromatic heterocycles. The van der Waals surface area contributed by atoms with Crippen LogP contribution in [0.5, 0.6) is 5.75 Å². The van der Waals surface area contributed by atoms with Gasteiger partial charge in [0.2, 0.25) is 0 Å². The normalized spacial score (nSPS) is 12.8. The van der Waals surface area contributed by atoms with Crippen LogP contribution in [0.25, 0.3) is 0 Å². The van der Waals surface area contributed by atoms with Crippen molar-refractivity contribution in [1.29, 1.82) is 0 Å². The highest BCUT2D eigenvalue weighted by molar-refractivity contribution is 7.99. The predicted octanol–water partition coefficient (Wildman–Crippen LogP) is 8.95. The van der Waals surface area contributed by atoms with Gasteiger partial charge in [-0.05, 0) is 67.9 Å². The van der Waals surface area contributed by atoms with E-state index in [0.717, 1.165) is 23.0 Å². The Kier molecular flexibility index (Phi) is 9.74. The van der Waals surface area contributed by atoms with E-state index in [-0.39, 0.29) is 33.1 Å². The van der Waals surface area contributed by atoms with E-state index in [1.807, 2.05) is 32.1 Å². The molecule has 202 valence electrons. The summed E-state index contributed by atoms with van der Waals surface area (Å²) in [6, 6.07) is 14.0. The Hall–Kier alpha value is -2.74. The lowest BCUT2D eigenvalue weighted by molar-refractivity contribution is 0.0696. The molecule has 4 nitrogen and oxygen atoms in total. The molecule has 0 aliphatic carbocycles. The minimum absolute atomic E-state index is 0.0512. The smallest absolute Gasteiger partial charge is 0.335 e. The molecule has 0 spiro atoms. The molecule has 3 aromatic rings. The number of ether oxygens (including phenoxy) is 1. The minimum atomic E-state index is -1.25. The fraction of sp³-hybridized carbons (Fsp3) is 0.276. The molecule has 0 radical (unpaired) electrons. The number of carboxylic acid groups (broad SMARTS) is 1. The molecule has 1 atom stereocenters. The molecule has 0 aliphatic rings. The van der Waals surface area contributed by atoms with E-state index in [4.69, 9.17) is 27.9 Å². The Labute approximate surface area is 236 Å². The van der Waals surface area contributed by atoms with Gasteiger partial charge in [0.25, 0.3) is 0 Å². The largest absolute Gasteiger partial charge is 0.495 e. The summed E-state index contributed by atoms with van der Waals surface area (Å²) in [7, 11) is 1.56. The summed E-state index contributed by atoms with van der Waals surface area (Å²) in [4.78, 5) is 13.3. The van der Waals surface area contributed by atoms with Gasteiger partial charge in [0.15, 0.2) is 0 Å². The molecule has 0 heterocycles. The van der Waals surface area contributed by atoms with E-state index in [1.165, 1.54) is 30.0 Å². The van der Waals surface area contributed by atoms with Gasteiger partial charge in [-0.1, -0.05) is 49.2 Å². The summed E-state index contributed by atoms with van der Waals surface area (Å²) in [5.41, 5.74) is 2.09. The van der Waals surface area contributed by atoms with Gasteiger partial charge >= 0.3 is 5.97 Å². The summed E-state index contributed by atoms with van der Waals surface area (Å²) >= 11 is 13.9. The third-order valence-electron chi connectivity index (χ3n) is 6.37. The number of methoxy groups -OCH3 is 1. The van der Waals surface area contributed by atoms with Gasteiger partial charge in [0, 0.05) is 33.1 Å². The first-order chi connectivity index (χ1) is 17.9. The van der Waals surface area contributed by atoms with Crippen LogP contribution in [0, 0.1) is 11.6 Å². The molecular weight excluding hydrogens is 551 g/mol. The van der Waals surface area contributed by atoms with Gasteiger partial charge in [-0.3, -0.25) is 0 Å². The van der Waals surface area contributed by atoms with E-state index >= 15 is 0 Å². The van der Waals surface area contributed by atoms with E-state index in [2.05, 4.69) is 18.7 Å². The van der Waals surface area contributed by atoms with Crippen LogP contribution in [0.3, 0.4) is 0 Å². The predicted molar refractivity (Wildman–Crippen MR) is 153 cm³/mol. The molecule has 9 heteroatoms. The molecule has 1 unspecified atom stereocenters. The second kappa shape index (κ2) is 12.4. The standard InChI is InChI=1S/C29H29Cl2F2NO3S/c1-6-27(29(3,4)19-7-12-23(30)26(15-19)37-5)34(21-10-8-20(32)9-11-21)17(2)38-16-22-24(31)13-18(28(35)36)14-25(22)33/h6-15,17H,16H2,1-5H3,(H,35,36)/b27-6-. The van der Waals surface area contributed by atoms with E-state index in [0.29, 0.717) is 10.8 Å². The van der Waals surface area contributed by atoms with Crippen molar-refractivity contribution in [3.63, 3.8) is 0 Å². The summed E-state index contributed by atoms with van der Waals surface area (Å²) in [5, 5.41) is 9.48. The summed E-state index contributed by atoms with van der Waals surface area (Å²) in [5.74, 6) is -1.54. The van der Waals surface area contributed by atoms with Crippen LogP contribution in [0.15, 0.2) is 66.4 Å². The van der Waals surface area contributed by atoms with Crippen LogP contribution in [0.2, 0.25) is 10.0 Å². The first kappa shape index (κ1) is 29.8. The van der Waals surface area contributed by atoms with Gasteiger partial charge in [-0.25, -0.2) is 13.6 Å². The maximum atomic E-state index is 14.8. The first-order valence-electron chi connectivity index (χ1n) is 11.8. The number of anilines is 1. The Morgan fingerprint density at radius 1 is 1.11 bits per heavy atom. The number of thioether (sulfide) groups is 1. The fourth-order valence-corrected chi connectivity index (χ4v) is 5.92. The molecule has 0 amide bonds. The van der Waals surface area contributed by atoms with Crippen molar-refractivity contribution >= 4 is 46.6 Å². The van der Waals surface area contributed by atoms with Gasteiger partial charge in [0.1, 0.15) is 17.4 Å². The Morgan fingerprint density at radius 2 is 1.76 bits per heavy atom. The second-order valence-corrected chi connectivity index (χ2v) is 11.2. The van der Waals surface area contributed by atoms with Gasteiger partial charge in [0.05, 0.1) is 23.1 Å². The second-order valence-electron chi connectivity index (χ2n) is 9.13. The summed E-state index contributed by atoms with van der Waals surface area (Å²) in [6.45, 7) is 8.03. The third-order valence-corrected chi connectivity index (χ3v) is 8.17. The first-order valence-corrected chi connectivity index (χ1v) is 13.6. The minimum Gasteiger partial charge on any atom is -0.495 e. The van der Waals surface area contributed by atoms with E-state index in [9.17, 15) is 18.7 Å². The number of nitrogens with zero attached hydrogens (tertiary/aromatic N) is 1. The van der Waals surface area contributed by atoms with Crippen molar-refractivity contribution < 1.29 is 23.4 Å². The SMILES string of the molecule is C/C=C(\N(c1ccc(F)cc1)C(C)SCc1c(F)cc(C(=O)O)cc1Cl)C(C)(C)c1ccc(Cl)c(OC)c1. The van der Waals surface area contributed by atoms with E-state index < -0.39 is 17.2 Å². The van der Waals surface area contributed by atoms with Gasteiger partial charge in [-0.15, -0.1) is 11.8 Å². The molecule has 1 N–H and O–H groups in total. The summed E-state index contributed by atoms with van der Waals surface area (Å²) < 4.78 is 34.1. The highest BCUT2D eigenvalue weighted by Crippen LogP contribution is 2.42. The highest BCUT2D eigenvalue weighted by Gasteiger charge is 2.33. The van der Waals surface area contributed by atoms with Crippen molar-refractivity contribution in [3.05, 3.63) is 105 Å². The number of hydrogen-bond acceptors (Lipinski definition) is 4. The molecular formula is C29H29Cl2F2NO3S. The fourth-order valence-electron chi connectivity index (χ4n) is 4.29. The lowest BCUT2D eigenvalue weighted by atomic mass is 9.80. The van der Waals surface area contributed by atoms with Crippen molar-refractivity contribution in [2.45, 2.75) is 44.2 Å². The Balaban J connectivity index is 2.01. The number of carbonyl (C=O) groups is 1. The number of allylic oxidation sites excluding steroid dienone is 2. The molecule has 3 aromatic carbocycles.